The van der Waals surface area contributed by atoms with Crippen LogP contribution >= 0.6 is 0 Å². The lowest BCUT2D eigenvalue weighted by Crippen LogP contribution is -2.10. The summed E-state index contributed by atoms with van der Waals surface area (Å²) in [6.45, 7) is 6.08. The van der Waals surface area contributed by atoms with Crippen LogP contribution in [-0.4, -0.2) is 20.9 Å². The van der Waals surface area contributed by atoms with Gasteiger partial charge in [0.15, 0.2) is 0 Å². The maximum Gasteiger partial charge on any atom is 0.309 e. The minimum Gasteiger partial charge on any atom is -0.481 e. The van der Waals surface area contributed by atoms with E-state index in [1.54, 1.807) is 16.9 Å². The number of carboxylic acids is 1. The number of hydrogen-bond acceptors (Lipinski definition) is 2. The maximum absolute atomic E-state index is 10.8. The predicted molar refractivity (Wildman–Crippen MR) is 69.1 cm³/mol. The van der Waals surface area contributed by atoms with Crippen molar-refractivity contribution < 1.29 is 9.90 Å². The molecule has 2 aromatic rings. The molecule has 4 nitrogen and oxygen atoms in total. The Hall–Kier alpha value is -2.10. The smallest absolute Gasteiger partial charge is 0.309 e. The molecule has 0 amide bonds. The van der Waals surface area contributed by atoms with Gasteiger partial charge in [-0.1, -0.05) is 17.7 Å². The quantitative estimate of drug-likeness (QED) is 0.902. The number of aliphatic carboxylic acids is 1. The van der Waals surface area contributed by atoms with Gasteiger partial charge in [-0.15, -0.1) is 0 Å². The minimum atomic E-state index is -0.848. The number of carbonyl (C=O) groups is 1. The Labute approximate surface area is 106 Å². The summed E-state index contributed by atoms with van der Waals surface area (Å²) in [4.78, 5) is 10.8. The highest BCUT2D eigenvalue weighted by Crippen LogP contribution is 2.21. The van der Waals surface area contributed by atoms with E-state index >= 15 is 0 Å². The number of aryl methyl sites for hydroxylation is 3. The molecule has 0 saturated carbocycles. The molecule has 1 heterocycles. The third kappa shape index (κ3) is 2.27. The summed E-state index contributed by atoms with van der Waals surface area (Å²) in [5.41, 5.74) is 5.06. The van der Waals surface area contributed by atoms with Gasteiger partial charge in [0.1, 0.15) is 0 Å². The molecular weight excluding hydrogens is 228 g/mol. The molecular formula is C14H16N2O2. The topological polar surface area (TPSA) is 55.1 Å². The maximum atomic E-state index is 10.8. The molecule has 1 aromatic carbocycles. The third-order valence-electron chi connectivity index (χ3n) is 2.90. The Morgan fingerprint density at radius 3 is 2.44 bits per heavy atom. The van der Waals surface area contributed by atoms with Crippen LogP contribution < -0.4 is 0 Å². The first kappa shape index (κ1) is 12.4. The molecule has 1 N–H and O–H groups in total. The van der Waals surface area contributed by atoms with Crippen molar-refractivity contribution in [2.45, 2.75) is 27.2 Å². The molecule has 0 atom stereocenters. The fourth-order valence-corrected chi connectivity index (χ4v) is 2.33. The highest BCUT2D eigenvalue weighted by molar-refractivity contribution is 5.70. The zero-order chi connectivity index (χ0) is 13.3. The van der Waals surface area contributed by atoms with Crippen LogP contribution in [0, 0.1) is 20.8 Å². The van der Waals surface area contributed by atoms with E-state index < -0.39 is 5.97 Å². The van der Waals surface area contributed by atoms with Gasteiger partial charge in [-0.25, -0.2) is 4.68 Å². The monoisotopic (exact) mass is 244 g/mol. The fraction of sp³-hybridized carbons (Fsp3) is 0.286. The molecule has 1 aromatic heterocycles. The molecule has 0 spiro atoms. The Morgan fingerprint density at radius 1 is 1.28 bits per heavy atom. The van der Waals surface area contributed by atoms with Gasteiger partial charge in [-0.2, -0.15) is 5.10 Å². The number of benzene rings is 1. The van der Waals surface area contributed by atoms with E-state index in [1.165, 1.54) is 5.56 Å². The fourth-order valence-electron chi connectivity index (χ4n) is 2.33. The summed E-state index contributed by atoms with van der Waals surface area (Å²) < 4.78 is 1.72. The predicted octanol–water partition coefficient (Wildman–Crippen LogP) is 2.42. The zero-order valence-corrected chi connectivity index (χ0v) is 10.8. The summed E-state index contributed by atoms with van der Waals surface area (Å²) >= 11 is 0. The number of nitrogens with zero attached hydrogens (tertiary/aromatic N) is 2. The van der Waals surface area contributed by atoms with Crippen molar-refractivity contribution in [2.24, 2.45) is 0 Å². The number of carboxylic acid groups (broad SMARTS) is 1. The lowest BCUT2D eigenvalue weighted by Gasteiger charge is -2.13. The first-order chi connectivity index (χ1) is 8.49. The largest absolute Gasteiger partial charge is 0.481 e. The zero-order valence-electron chi connectivity index (χ0n) is 10.8. The molecule has 0 aliphatic heterocycles. The molecule has 94 valence electrons. The summed E-state index contributed by atoms with van der Waals surface area (Å²) in [7, 11) is 0. The van der Waals surface area contributed by atoms with E-state index in [1.807, 2.05) is 20.8 Å². The van der Waals surface area contributed by atoms with Crippen molar-refractivity contribution in [2.75, 3.05) is 0 Å². The van der Waals surface area contributed by atoms with Gasteiger partial charge in [0.05, 0.1) is 17.8 Å². The van der Waals surface area contributed by atoms with E-state index in [-0.39, 0.29) is 6.42 Å². The van der Waals surface area contributed by atoms with Crippen molar-refractivity contribution in [1.29, 1.82) is 0 Å². The van der Waals surface area contributed by atoms with E-state index in [2.05, 4.69) is 17.2 Å². The van der Waals surface area contributed by atoms with Crippen molar-refractivity contribution in [3.63, 3.8) is 0 Å². The van der Waals surface area contributed by atoms with Gasteiger partial charge >= 0.3 is 5.97 Å². The molecule has 0 fully saturated rings. The second kappa shape index (κ2) is 4.64. The SMILES string of the molecule is Cc1cc(C)c(-n2nccc2CC(=O)O)c(C)c1. The van der Waals surface area contributed by atoms with Crippen molar-refractivity contribution in [3.05, 3.63) is 46.8 Å². The molecule has 0 radical (unpaired) electrons. The van der Waals surface area contributed by atoms with Crippen LogP contribution in [0.2, 0.25) is 0 Å². The first-order valence-electron chi connectivity index (χ1n) is 5.82. The van der Waals surface area contributed by atoms with Gasteiger partial charge in [0.25, 0.3) is 0 Å². The van der Waals surface area contributed by atoms with Crippen molar-refractivity contribution in [3.8, 4) is 5.69 Å². The van der Waals surface area contributed by atoms with Crippen LogP contribution in [0.15, 0.2) is 24.4 Å². The van der Waals surface area contributed by atoms with Crippen LogP contribution in [0.3, 0.4) is 0 Å². The molecule has 18 heavy (non-hydrogen) atoms. The Bertz CT molecular complexity index is 577. The third-order valence-corrected chi connectivity index (χ3v) is 2.90. The average Bonchev–Trinajstić information content (AvgIpc) is 2.63. The van der Waals surface area contributed by atoms with Crippen LogP contribution in [-0.2, 0) is 11.2 Å². The average molecular weight is 244 g/mol. The van der Waals surface area contributed by atoms with E-state index in [0.29, 0.717) is 5.69 Å². The van der Waals surface area contributed by atoms with Gasteiger partial charge in [0, 0.05) is 6.20 Å². The summed E-state index contributed by atoms with van der Waals surface area (Å²) in [5.74, 6) is -0.848. The Balaban J connectivity index is 2.56. The lowest BCUT2D eigenvalue weighted by atomic mass is 10.0. The van der Waals surface area contributed by atoms with Crippen LogP contribution in [0.5, 0.6) is 0 Å². The molecule has 2 rings (SSSR count). The second-order valence-corrected chi connectivity index (χ2v) is 4.55. The molecule has 4 heteroatoms. The molecule has 0 bridgehead atoms. The highest BCUT2D eigenvalue weighted by atomic mass is 16.4. The summed E-state index contributed by atoms with van der Waals surface area (Å²) in [5, 5.41) is 13.1. The number of rotatable bonds is 3. The molecule has 0 saturated heterocycles. The van der Waals surface area contributed by atoms with Crippen LogP contribution in [0.25, 0.3) is 5.69 Å². The van der Waals surface area contributed by atoms with E-state index in [4.69, 9.17) is 5.11 Å². The first-order valence-corrected chi connectivity index (χ1v) is 5.82. The number of hydrogen-bond donors (Lipinski definition) is 1. The normalized spacial score (nSPS) is 10.6. The van der Waals surface area contributed by atoms with E-state index in [9.17, 15) is 4.79 Å². The standard InChI is InChI=1S/C14H16N2O2/c1-9-6-10(2)14(11(3)7-9)16-12(4-5-15-16)8-13(17)18/h4-7H,8H2,1-3H3,(H,17,18). The lowest BCUT2D eigenvalue weighted by molar-refractivity contribution is -0.136. The van der Waals surface area contributed by atoms with Crippen LogP contribution in [0.4, 0.5) is 0 Å². The van der Waals surface area contributed by atoms with E-state index in [0.717, 1.165) is 16.8 Å². The second-order valence-electron chi connectivity index (χ2n) is 4.55. The molecule has 0 unspecified atom stereocenters. The summed E-state index contributed by atoms with van der Waals surface area (Å²) in [6, 6.07) is 5.90. The van der Waals surface area contributed by atoms with Crippen molar-refractivity contribution in [1.82, 2.24) is 9.78 Å². The van der Waals surface area contributed by atoms with Gasteiger partial charge in [0.2, 0.25) is 0 Å². The molecule has 0 aliphatic rings. The molecule has 0 aliphatic carbocycles. The van der Waals surface area contributed by atoms with Gasteiger partial charge in [-0.05, 0) is 38.0 Å². The number of aromatic nitrogens is 2. The Morgan fingerprint density at radius 2 is 1.89 bits per heavy atom. The Kier molecular flexibility index (Phi) is 3.19. The minimum absolute atomic E-state index is 0.0211. The van der Waals surface area contributed by atoms with Gasteiger partial charge < -0.3 is 5.11 Å². The summed E-state index contributed by atoms with van der Waals surface area (Å²) in [6.07, 6.45) is 1.61. The van der Waals surface area contributed by atoms with Gasteiger partial charge in [-0.3, -0.25) is 4.79 Å². The van der Waals surface area contributed by atoms with Crippen molar-refractivity contribution >= 4 is 5.97 Å². The van der Waals surface area contributed by atoms with Crippen LogP contribution in [0.1, 0.15) is 22.4 Å². The highest BCUT2D eigenvalue weighted by Gasteiger charge is 2.12.